The normalized spacial score (nSPS) is 10.0. The van der Waals surface area contributed by atoms with Gasteiger partial charge < -0.3 is 15.4 Å². The fourth-order valence-electron chi connectivity index (χ4n) is 1.74. The lowest BCUT2D eigenvalue weighted by Gasteiger charge is -2.09. The van der Waals surface area contributed by atoms with E-state index < -0.39 is 11.8 Å². The van der Waals surface area contributed by atoms with Gasteiger partial charge in [0.15, 0.2) is 11.6 Å². The monoisotopic (exact) mass is 308 g/mol. The minimum Gasteiger partial charge on any atom is -0.494 e. The molecule has 0 spiro atoms. The van der Waals surface area contributed by atoms with Gasteiger partial charge in [0.05, 0.1) is 7.11 Å². The van der Waals surface area contributed by atoms with Crippen molar-refractivity contribution >= 4 is 23.3 Å². The van der Waals surface area contributed by atoms with Crippen molar-refractivity contribution < 1.29 is 13.9 Å². The van der Waals surface area contributed by atoms with Crippen molar-refractivity contribution in [3.63, 3.8) is 0 Å². The van der Waals surface area contributed by atoms with Crippen LogP contribution in [0.4, 0.5) is 14.9 Å². The van der Waals surface area contributed by atoms with E-state index in [1.165, 1.54) is 19.2 Å². The Morgan fingerprint density at radius 3 is 2.76 bits per heavy atom. The van der Waals surface area contributed by atoms with Gasteiger partial charge in [-0.05, 0) is 35.9 Å². The summed E-state index contributed by atoms with van der Waals surface area (Å²) in [6, 6.07) is 10.9. The Hall–Kier alpha value is -2.27. The molecule has 0 radical (unpaired) electrons. The smallest absolute Gasteiger partial charge is 0.319 e. The number of anilines is 1. The summed E-state index contributed by atoms with van der Waals surface area (Å²) in [5.74, 6) is -0.297. The van der Waals surface area contributed by atoms with Gasteiger partial charge in [0, 0.05) is 17.3 Å². The van der Waals surface area contributed by atoms with Crippen LogP contribution < -0.4 is 15.4 Å². The molecular formula is C15H14ClFN2O2. The summed E-state index contributed by atoms with van der Waals surface area (Å²) in [4.78, 5) is 11.7. The highest BCUT2D eigenvalue weighted by molar-refractivity contribution is 6.30. The molecule has 0 aliphatic heterocycles. The lowest BCUT2D eigenvalue weighted by atomic mass is 10.2. The predicted octanol–water partition coefficient (Wildman–Crippen LogP) is 3.81. The van der Waals surface area contributed by atoms with Gasteiger partial charge in [-0.2, -0.15) is 0 Å². The summed E-state index contributed by atoms with van der Waals surface area (Å²) in [7, 11) is 1.40. The van der Waals surface area contributed by atoms with Gasteiger partial charge in [-0.15, -0.1) is 0 Å². The van der Waals surface area contributed by atoms with Crippen LogP contribution in [0.2, 0.25) is 5.02 Å². The average molecular weight is 309 g/mol. The molecule has 0 heterocycles. The minimum absolute atomic E-state index is 0.169. The fraction of sp³-hybridized carbons (Fsp3) is 0.133. The molecule has 0 saturated carbocycles. The van der Waals surface area contributed by atoms with Crippen LogP contribution in [0.15, 0.2) is 42.5 Å². The molecule has 2 aromatic rings. The Morgan fingerprint density at radius 1 is 1.29 bits per heavy atom. The zero-order valence-electron chi connectivity index (χ0n) is 11.3. The van der Waals surface area contributed by atoms with E-state index in [1.807, 2.05) is 0 Å². The first-order chi connectivity index (χ1) is 10.1. The molecule has 2 rings (SSSR count). The number of hydrogen-bond acceptors (Lipinski definition) is 2. The summed E-state index contributed by atoms with van der Waals surface area (Å²) in [6.45, 7) is 0.202. The number of halogens is 2. The van der Waals surface area contributed by atoms with E-state index in [0.29, 0.717) is 16.3 Å². The largest absolute Gasteiger partial charge is 0.494 e. The van der Waals surface area contributed by atoms with Crippen LogP contribution in [0.25, 0.3) is 0 Å². The third-order valence-electron chi connectivity index (χ3n) is 2.75. The van der Waals surface area contributed by atoms with Gasteiger partial charge in [-0.25, -0.2) is 9.18 Å². The van der Waals surface area contributed by atoms with Crippen LogP contribution in [-0.2, 0) is 6.54 Å². The van der Waals surface area contributed by atoms with Crippen LogP contribution in [0.1, 0.15) is 5.56 Å². The maximum Gasteiger partial charge on any atom is 0.319 e. The van der Waals surface area contributed by atoms with Crippen LogP contribution in [0, 0.1) is 5.82 Å². The number of benzene rings is 2. The molecule has 0 bridgehead atoms. The van der Waals surface area contributed by atoms with E-state index in [2.05, 4.69) is 10.6 Å². The molecule has 2 aromatic carbocycles. The van der Waals surface area contributed by atoms with E-state index >= 15 is 0 Å². The summed E-state index contributed by atoms with van der Waals surface area (Å²) in [5, 5.41) is 5.80. The van der Waals surface area contributed by atoms with Crippen molar-refractivity contribution in [1.82, 2.24) is 5.32 Å². The molecule has 2 amide bonds. The number of nitrogens with one attached hydrogen (secondary N) is 2. The van der Waals surface area contributed by atoms with E-state index in [4.69, 9.17) is 16.3 Å². The molecule has 0 saturated heterocycles. The first-order valence-corrected chi connectivity index (χ1v) is 6.59. The second kappa shape index (κ2) is 6.95. The van der Waals surface area contributed by atoms with Gasteiger partial charge in [-0.1, -0.05) is 23.7 Å². The standard InChI is InChI=1S/C15H14ClFN2O2/c1-21-14-6-5-10(7-13(14)17)9-18-15(20)19-12-4-2-3-11(16)8-12/h2-8H,9H2,1H3,(H2,18,19,20). The van der Waals surface area contributed by atoms with Crippen LogP contribution in [0.3, 0.4) is 0 Å². The van der Waals surface area contributed by atoms with Crippen molar-refractivity contribution in [2.75, 3.05) is 12.4 Å². The first-order valence-electron chi connectivity index (χ1n) is 6.21. The van der Waals surface area contributed by atoms with Gasteiger partial charge in [0.2, 0.25) is 0 Å². The fourth-order valence-corrected chi connectivity index (χ4v) is 1.93. The number of ether oxygens (including phenoxy) is 1. The number of rotatable bonds is 4. The lowest BCUT2D eigenvalue weighted by molar-refractivity contribution is 0.251. The molecule has 0 aliphatic rings. The van der Waals surface area contributed by atoms with Gasteiger partial charge in [0.1, 0.15) is 0 Å². The summed E-state index contributed by atoms with van der Waals surface area (Å²) < 4.78 is 18.3. The molecule has 4 nitrogen and oxygen atoms in total. The molecule has 0 aromatic heterocycles. The molecule has 2 N–H and O–H groups in total. The summed E-state index contributed by atoms with van der Waals surface area (Å²) >= 11 is 5.82. The second-order valence-electron chi connectivity index (χ2n) is 4.29. The maximum absolute atomic E-state index is 13.5. The van der Waals surface area contributed by atoms with Crippen molar-refractivity contribution in [3.05, 3.63) is 58.9 Å². The SMILES string of the molecule is COc1ccc(CNC(=O)Nc2cccc(Cl)c2)cc1F. The number of carbonyl (C=O) groups is 1. The van der Waals surface area contributed by atoms with Gasteiger partial charge in [0.25, 0.3) is 0 Å². The van der Waals surface area contributed by atoms with E-state index in [0.717, 1.165) is 0 Å². The molecule has 6 heteroatoms. The zero-order chi connectivity index (χ0) is 15.2. The lowest BCUT2D eigenvalue weighted by Crippen LogP contribution is -2.28. The minimum atomic E-state index is -0.466. The first kappa shape index (κ1) is 15.1. The Morgan fingerprint density at radius 2 is 2.10 bits per heavy atom. The Kier molecular flexibility index (Phi) is 5.00. The van der Waals surface area contributed by atoms with Gasteiger partial charge in [-0.3, -0.25) is 0 Å². The van der Waals surface area contributed by atoms with Crippen LogP contribution >= 0.6 is 11.6 Å². The van der Waals surface area contributed by atoms with Crippen molar-refractivity contribution in [2.45, 2.75) is 6.54 Å². The quantitative estimate of drug-likeness (QED) is 0.902. The maximum atomic E-state index is 13.5. The van der Waals surface area contributed by atoms with Gasteiger partial charge >= 0.3 is 6.03 Å². The highest BCUT2D eigenvalue weighted by Gasteiger charge is 2.05. The van der Waals surface area contributed by atoms with Crippen molar-refractivity contribution in [3.8, 4) is 5.75 Å². The van der Waals surface area contributed by atoms with E-state index in [-0.39, 0.29) is 12.3 Å². The van der Waals surface area contributed by atoms with Crippen LogP contribution in [-0.4, -0.2) is 13.1 Å². The number of urea groups is 1. The molecule has 21 heavy (non-hydrogen) atoms. The summed E-state index contributed by atoms with van der Waals surface area (Å²) in [5.41, 5.74) is 1.22. The Balaban J connectivity index is 1.90. The topological polar surface area (TPSA) is 50.4 Å². The average Bonchev–Trinajstić information content (AvgIpc) is 2.45. The number of methoxy groups -OCH3 is 1. The highest BCUT2D eigenvalue weighted by atomic mass is 35.5. The molecule has 0 atom stereocenters. The molecular weight excluding hydrogens is 295 g/mol. The predicted molar refractivity (Wildman–Crippen MR) is 80.3 cm³/mol. The van der Waals surface area contributed by atoms with E-state index in [1.54, 1.807) is 30.3 Å². The molecule has 0 fully saturated rings. The molecule has 0 unspecified atom stereocenters. The highest BCUT2D eigenvalue weighted by Crippen LogP contribution is 2.18. The Labute approximate surface area is 126 Å². The second-order valence-corrected chi connectivity index (χ2v) is 4.72. The number of amides is 2. The number of hydrogen-bond donors (Lipinski definition) is 2. The molecule has 0 aliphatic carbocycles. The number of carbonyl (C=O) groups excluding carboxylic acids is 1. The van der Waals surface area contributed by atoms with Crippen LogP contribution in [0.5, 0.6) is 5.75 Å². The Bertz CT molecular complexity index is 649. The zero-order valence-corrected chi connectivity index (χ0v) is 12.1. The van der Waals surface area contributed by atoms with E-state index in [9.17, 15) is 9.18 Å². The third-order valence-corrected chi connectivity index (χ3v) is 2.99. The summed E-state index contributed by atoms with van der Waals surface area (Å²) in [6.07, 6.45) is 0. The molecule has 110 valence electrons. The van der Waals surface area contributed by atoms with Crippen molar-refractivity contribution in [1.29, 1.82) is 0 Å². The third kappa shape index (κ3) is 4.36. The van der Waals surface area contributed by atoms with Crippen molar-refractivity contribution in [2.24, 2.45) is 0 Å².